The predicted molar refractivity (Wildman–Crippen MR) is 104 cm³/mol. The third-order valence-corrected chi connectivity index (χ3v) is 4.99. The molecule has 7 heteroatoms. The minimum Gasteiger partial charge on any atom is -0.452 e. The van der Waals surface area contributed by atoms with E-state index >= 15 is 0 Å². The van der Waals surface area contributed by atoms with E-state index in [-0.39, 0.29) is 18.6 Å². The van der Waals surface area contributed by atoms with Crippen molar-refractivity contribution in [3.63, 3.8) is 0 Å². The molecule has 7 nitrogen and oxygen atoms in total. The molecule has 4 rings (SSSR count). The van der Waals surface area contributed by atoms with Crippen molar-refractivity contribution in [2.45, 2.75) is 32.4 Å². The van der Waals surface area contributed by atoms with Gasteiger partial charge < -0.3 is 10.1 Å². The number of fused-ring (bicyclic) bond motifs is 1. The average Bonchev–Trinajstić information content (AvgIpc) is 3.49. The molecule has 1 amide bonds. The standard InChI is InChI=1S/C21H22N4O3/c1-14(16-10-11-16)22-20(26)13-28-21(27)17-8-6-15(7-9-17)12-25-19-5-3-2-4-18(19)23-24-25/h2-9,14,16H,10-13H2,1H3,(H,22,26)/t14-/m0/s1. The second-order valence-corrected chi connectivity index (χ2v) is 7.20. The van der Waals surface area contributed by atoms with Gasteiger partial charge >= 0.3 is 5.97 Å². The van der Waals surface area contributed by atoms with Crippen molar-refractivity contribution in [3.05, 3.63) is 59.7 Å². The van der Waals surface area contributed by atoms with Gasteiger partial charge in [-0.1, -0.05) is 29.5 Å². The van der Waals surface area contributed by atoms with Crippen LogP contribution in [-0.4, -0.2) is 39.5 Å². The molecule has 1 aromatic heterocycles. The molecule has 144 valence electrons. The lowest BCUT2D eigenvalue weighted by molar-refractivity contribution is -0.124. The highest BCUT2D eigenvalue weighted by Gasteiger charge is 2.29. The SMILES string of the molecule is C[C@H](NC(=O)COC(=O)c1ccc(Cn2nnc3ccccc32)cc1)C1CC1. The maximum absolute atomic E-state index is 12.2. The topological polar surface area (TPSA) is 86.1 Å². The van der Waals surface area contributed by atoms with Crippen LogP contribution in [0.5, 0.6) is 0 Å². The second-order valence-electron chi connectivity index (χ2n) is 7.20. The molecule has 1 aliphatic carbocycles. The van der Waals surface area contributed by atoms with Crippen molar-refractivity contribution in [1.29, 1.82) is 0 Å². The van der Waals surface area contributed by atoms with Crippen molar-refractivity contribution < 1.29 is 14.3 Å². The summed E-state index contributed by atoms with van der Waals surface area (Å²) in [5, 5.41) is 11.2. The number of aromatic nitrogens is 3. The van der Waals surface area contributed by atoms with Crippen molar-refractivity contribution >= 4 is 22.9 Å². The van der Waals surface area contributed by atoms with Gasteiger partial charge in [0.25, 0.3) is 5.91 Å². The molecule has 1 fully saturated rings. The van der Waals surface area contributed by atoms with Gasteiger partial charge in [-0.2, -0.15) is 0 Å². The number of para-hydroxylation sites is 1. The number of ether oxygens (including phenoxy) is 1. The van der Waals surface area contributed by atoms with Crippen molar-refractivity contribution in [1.82, 2.24) is 20.3 Å². The lowest BCUT2D eigenvalue weighted by Gasteiger charge is -2.12. The van der Waals surface area contributed by atoms with Gasteiger partial charge in [0.15, 0.2) is 6.61 Å². The lowest BCUT2D eigenvalue weighted by Crippen LogP contribution is -2.37. The first kappa shape index (κ1) is 18.2. The normalized spacial score (nSPS) is 14.6. The summed E-state index contributed by atoms with van der Waals surface area (Å²) in [6.07, 6.45) is 2.30. The van der Waals surface area contributed by atoms with Gasteiger partial charge in [-0.3, -0.25) is 4.79 Å². The molecule has 1 saturated carbocycles. The zero-order chi connectivity index (χ0) is 19.5. The lowest BCUT2D eigenvalue weighted by atomic mass is 10.1. The summed E-state index contributed by atoms with van der Waals surface area (Å²) in [4.78, 5) is 24.0. The fourth-order valence-electron chi connectivity index (χ4n) is 3.18. The number of hydrogen-bond donors (Lipinski definition) is 1. The summed E-state index contributed by atoms with van der Waals surface area (Å²) in [6, 6.07) is 15.0. The molecule has 0 saturated heterocycles. The van der Waals surface area contributed by atoms with E-state index in [0.717, 1.165) is 29.4 Å². The van der Waals surface area contributed by atoms with Crippen molar-refractivity contribution in [3.8, 4) is 0 Å². The Morgan fingerprint density at radius 2 is 1.93 bits per heavy atom. The molecule has 0 aliphatic heterocycles. The minimum absolute atomic E-state index is 0.137. The molecule has 1 heterocycles. The van der Waals surface area contributed by atoms with E-state index in [2.05, 4.69) is 15.6 Å². The molecular formula is C21H22N4O3. The minimum atomic E-state index is -0.507. The molecule has 1 N–H and O–H groups in total. The molecule has 0 unspecified atom stereocenters. The van der Waals surface area contributed by atoms with Crippen molar-refractivity contribution in [2.75, 3.05) is 6.61 Å². The summed E-state index contributed by atoms with van der Waals surface area (Å²) in [5.74, 6) is -0.205. The molecule has 1 aliphatic rings. The highest BCUT2D eigenvalue weighted by atomic mass is 16.5. The van der Waals surface area contributed by atoms with Crippen LogP contribution in [0.25, 0.3) is 11.0 Å². The maximum Gasteiger partial charge on any atom is 0.338 e. The van der Waals surface area contributed by atoms with Crippen LogP contribution < -0.4 is 5.32 Å². The van der Waals surface area contributed by atoms with E-state index in [1.165, 1.54) is 0 Å². The van der Waals surface area contributed by atoms with Gasteiger partial charge in [-0.05, 0) is 55.5 Å². The number of rotatable bonds is 7. The highest BCUT2D eigenvalue weighted by Crippen LogP contribution is 2.32. The molecule has 0 spiro atoms. The first-order chi connectivity index (χ1) is 13.6. The Labute approximate surface area is 162 Å². The van der Waals surface area contributed by atoms with E-state index in [0.29, 0.717) is 18.0 Å². The van der Waals surface area contributed by atoms with Crippen LogP contribution in [0.15, 0.2) is 48.5 Å². The van der Waals surface area contributed by atoms with Gasteiger partial charge in [0.05, 0.1) is 17.6 Å². The van der Waals surface area contributed by atoms with Crippen LogP contribution in [-0.2, 0) is 16.1 Å². The number of amides is 1. The number of hydrogen-bond acceptors (Lipinski definition) is 5. The van der Waals surface area contributed by atoms with Crippen LogP contribution >= 0.6 is 0 Å². The molecule has 0 radical (unpaired) electrons. The smallest absolute Gasteiger partial charge is 0.338 e. The summed E-state index contributed by atoms with van der Waals surface area (Å²) < 4.78 is 6.93. The van der Waals surface area contributed by atoms with Gasteiger partial charge in [0.2, 0.25) is 0 Å². The van der Waals surface area contributed by atoms with Crippen LogP contribution in [0.2, 0.25) is 0 Å². The molecule has 1 atom stereocenters. The van der Waals surface area contributed by atoms with Gasteiger partial charge in [0, 0.05) is 6.04 Å². The number of benzene rings is 2. The Kier molecular flexibility index (Phi) is 5.06. The number of nitrogens with zero attached hydrogens (tertiary/aromatic N) is 3. The highest BCUT2D eigenvalue weighted by molar-refractivity contribution is 5.91. The second kappa shape index (κ2) is 7.80. The quantitative estimate of drug-likeness (QED) is 0.639. The average molecular weight is 378 g/mol. The Morgan fingerprint density at radius 3 is 2.68 bits per heavy atom. The largest absolute Gasteiger partial charge is 0.452 e. The zero-order valence-corrected chi connectivity index (χ0v) is 15.7. The van der Waals surface area contributed by atoms with Crippen molar-refractivity contribution in [2.24, 2.45) is 5.92 Å². The number of nitrogens with one attached hydrogen (secondary N) is 1. The van der Waals surface area contributed by atoms with Crippen LogP contribution in [0, 0.1) is 5.92 Å². The van der Waals surface area contributed by atoms with E-state index in [1.807, 2.05) is 48.0 Å². The first-order valence-electron chi connectivity index (χ1n) is 9.44. The maximum atomic E-state index is 12.2. The molecular weight excluding hydrogens is 356 g/mol. The van der Waals surface area contributed by atoms with Gasteiger partial charge in [-0.25, -0.2) is 9.48 Å². The third kappa shape index (κ3) is 4.19. The van der Waals surface area contributed by atoms with E-state index in [4.69, 9.17) is 4.74 Å². The Hall–Kier alpha value is -3.22. The summed E-state index contributed by atoms with van der Waals surface area (Å²) in [5.41, 5.74) is 3.20. The van der Waals surface area contributed by atoms with E-state index < -0.39 is 5.97 Å². The van der Waals surface area contributed by atoms with Crippen LogP contribution in [0.3, 0.4) is 0 Å². The molecule has 2 aromatic carbocycles. The Bertz CT molecular complexity index is 992. The predicted octanol–water partition coefficient (Wildman–Crippen LogP) is 2.55. The first-order valence-corrected chi connectivity index (χ1v) is 9.44. The number of carbonyl (C=O) groups excluding carboxylic acids is 2. The van der Waals surface area contributed by atoms with Gasteiger partial charge in [-0.15, -0.1) is 5.10 Å². The molecule has 28 heavy (non-hydrogen) atoms. The Balaban J connectivity index is 1.32. The fourth-order valence-corrected chi connectivity index (χ4v) is 3.18. The summed E-state index contributed by atoms with van der Waals surface area (Å²) >= 11 is 0. The van der Waals surface area contributed by atoms with Crippen LogP contribution in [0.1, 0.15) is 35.7 Å². The summed E-state index contributed by atoms with van der Waals surface area (Å²) in [6.45, 7) is 2.27. The van der Waals surface area contributed by atoms with E-state index in [9.17, 15) is 9.59 Å². The zero-order valence-electron chi connectivity index (χ0n) is 15.7. The van der Waals surface area contributed by atoms with Crippen LogP contribution in [0.4, 0.5) is 0 Å². The third-order valence-electron chi connectivity index (χ3n) is 4.99. The van der Waals surface area contributed by atoms with Gasteiger partial charge in [0.1, 0.15) is 5.52 Å². The number of esters is 1. The molecule has 3 aromatic rings. The monoisotopic (exact) mass is 378 g/mol. The Morgan fingerprint density at radius 1 is 1.18 bits per heavy atom. The van der Waals surface area contributed by atoms with E-state index in [1.54, 1.807) is 12.1 Å². The number of carbonyl (C=O) groups is 2. The summed E-state index contributed by atoms with van der Waals surface area (Å²) in [7, 11) is 0. The fraction of sp³-hybridized carbons (Fsp3) is 0.333. The molecule has 0 bridgehead atoms.